The third-order valence-electron chi connectivity index (χ3n) is 2.55. The zero-order valence-corrected chi connectivity index (χ0v) is 11.3. The van der Waals surface area contributed by atoms with Crippen LogP contribution in [0.25, 0.3) is 0 Å². The normalized spacial score (nSPS) is 12.4. The molecule has 0 aromatic rings. The first kappa shape index (κ1) is 16.2. The number of allylic oxidation sites excluding steroid dienone is 6. The minimum Gasteiger partial charge on any atom is -0.396 e. The summed E-state index contributed by atoms with van der Waals surface area (Å²) >= 11 is 0. The zero-order chi connectivity index (χ0) is 12.6. The van der Waals surface area contributed by atoms with Crippen molar-refractivity contribution in [3.05, 3.63) is 36.5 Å². The lowest BCUT2D eigenvalue weighted by molar-refractivity contribution is 0.289. The van der Waals surface area contributed by atoms with Crippen molar-refractivity contribution in [3.8, 4) is 0 Å². The number of hydrogen-bond acceptors (Lipinski definition) is 1. The molecule has 1 N–H and O–H groups in total. The van der Waals surface area contributed by atoms with Crippen molar-refractivity contribution in [2.75, 3.05) is 6.61 Å². The van der Waals surface area contributed by atoms with Crippen LogP contribution in [-0.4, -0.2) is 11.7 Å². The van der Waals surface area contributed by atoms with Crippen LogP contribution in [0.3, 0.4) is 0 Å². The average molecular weight is 236 g/mol. The first-order valence-electron chi connectivity index (χ1n) is 6.99. The maximum Gasteiger partial charge on any atom is 0.0433 e. The van der Waals surface area contributed by atoms with Crippen LogP contribution in [-0.2, 0) is 0 Å². The summed E-state index contributed by atoms with van der Waals surface area (Å²) in [6.07, 6.45) is 22.4. The molecule has 0 unspecified atom stereocenters. The highest BCUT2D eigenvalue weighted by molar-refractivity contribution is 5.02. The van der Waals surface area contributed by atoms with E-state index in [1.54, 1.807) is 0 Å². The Morgan fingerprint density at radius 1 is 0.706 bits per heavy atom. The second-order valence-electron chi connectivity index (χ2n) is 4.27. The van der Waals surface area contributed by atoms with Crippen LogP contribution >= 0.6 is 0 Å². The van der Waals surface area contributed by atoms with E-state index in [4.69, 9.17) is 5.11 Å². The summed E-state index contributed by atoms with van der Waals surface area (Å²) < 4.78 is 0. The van der Waals surface area contributed by atoms with Crippen LogP contribution in [0.15, 0.2) is 36.5 Å². The van der Waals surface area contributed by atoms with Gasteiger partial charge in [-0.25, -0.2) is 0 Å². The molecule has 0 saturated carbocycles. The summed E-state index contributed by atoms with van der Waals surface area (Å²) in [5.41, 5.74) is 0. The second kappa shape index (κ2) is 15.2. The van der Waals surface area contributed by atoms with Gasteiger partial charge in [-0.2, -0.15) is 0 Å². The zero-order valence-electron chi connectivity index (χ0n) is 11.3. The Hall–Kier alpha value is -0.820. The predicted octanol–water partition coefficient (Wildman–Crippen LogP) is 4.79. The maximum absolute atomic E-state index is 8.58. The van der Waals surface area contributed by atoms with Gasteiger partial charge in [0.05, 0.1) is 0 Å². The van der Waals surface area contributed by atoms with Crippen LogP contribution in [0.1, 0.15) is 58.3 Å². The molecule has 0 aromatic heterocycles. The Morgan fingerprint density at radius 3 is 2.00 bits per heavy atom. The molecule has 0 saturated heterocycles. The fourth-order valence-corrected chi connectivity index (χ4v) is 1.50. The number of rotatable bonds is 11. The van der Waals surface area contributed by atoms with E-state index in [1.807, 2.05) is 0 Å². The van der Waals surface area contributed by atoms with Gasteiger partial charge in [0, 0.05) is 6.61 Å². The van der Waals surface area contributed by atoms with E-state index in [9.17, 15) is 0 Å². The van der Waals surface area contributed by atoms with E-state index < -0.39 is 0 Å². The number of unbranched alkanes of at least 4 members (excludes halogenated alkanes) is 5. The Kier molecular flexibility index (Phi) is 14.4. The van der Waals surface area contributed by atoms with Gasteiger partial charge in [-0.15, -0.1) is 0 Å². The van der Waals surface area contributed by atoms with Crippen LogP contribution < -0.4 is 0 Å². The second-order valence-corrected chi connectivity index (χ2v) is 4.27. The Balaban J connectivity index is 3.26. The summed E-state index contributed by atoms with van der Waals surface area (Å²) in [6.45, 7) is 2.53. The van der Waals surface area contributed by atoms with E-state index in [2.05, 4.69) is 43.4 Å². The molecule has 0 aliphatic heterocycles. The molecule has 17 heavy (non-hydrogen) atoms. The number of aliphatic hydroxyl groups is 1. The van der Waals surface area contributed by atoms with E-state index in [1.165, 1.54) is 25.7 Å². The fraction of sp³-hybridized carbons (Fsp3) is 0.625. The minimum atomic E-state index is 0.289. The lowest BCUT2D eigenvalue weighted by atomic mass is 10.2. The van der Waals surface area contributed by atoms with Gasteiger partial charge < -0.3 is 5.11 Å². The van der Waals surface area contributed by atoms with Crippen molar-refractivity contribution >= 4 is 0 Å². The van der Waals surface area contributed by atoms with Crippen molar-refractivity contribution in [3.63, 3.8) is 0 Å². The van der Waals surface area contributed by atoms with Gasteiger partial charge in [0.15, 0.2) is 0 Å². The van der Waals surface area contributed by atoms with Crippen molar-refractivity contribution in [1.82, 2.24) is 0 Å². The van der Waals surface area contributed by atoms with Gasteiger partial charge in [-0.05, 0) is 38.5 Å². The van der Waals surface area contributed by atoms with E-state index >= 15 is 0 Å². The van der Waals surface area contributed by atoms with Crippen molar-refractivity contribution in [2.45, 2.75) is 58.3 Å². The Bertz CT molecular complexity index is 214. The molecule has 0 spiro atoms. The Labute approximate surface area is 107 Å². The smallest absolute Gasteiger partial charge is 0.0433 e. The van der Waals surface area contributed by atoms with Crippen LogP contribution in [0.4, 0.5) is 0 Å². The van der Waals surface area contributed by atoms with Crippen molar-refractivity contribution < 1.29 is 5.11 Å². The average Bonchev–Trinajstić information content (AvgIpc) is 2.35. The molecule has 98 valence electrons. The van der Waals surface area contributed by atoms with E-state index in [-0.39, 0.29) is 6.61 Å². The van der Waals surface area contributed by atoms with Gasteiger partial charge >= 0.3 is 0 Å². The molecule has 0 aliphatic rings. The van der Waals surface area contributed by atoms with Gasteiger partial charge in [-0.3, -0.25) is 0 Å². The SMILES string of the molecule is CCCCC/C=C\CCC=CC=CCCCO. The molecule has 0 heterocycles. The fourth-order valence-electron chi connectivity index (χ4n) is 1.50. The topological polar surface area (TPSA) is 20.2 Å². The van der Waals surface area contributed by atoms with Crippen LogP contribution in [0.2, 0.25) is 0 Å². The summed E-state index contributed by atoms with van der Waals surface area (Å²) in [5.74, 6) is 0. The minimum absolute atomic E-state index is 0.289. The van der Waals surface area contributed by atoms with Crippen LogP contribution in [0, 0.1) is 0 Å². The lowest BCUT2D eigenvalue weighted by Crippen LogP contribution is -1.77. The molecule has 0 aliphatic carbocycles. The number of aliphatic hydroxyl groups excluding tert-OH is 1. The van der Waals surface area contributed by atoms with Gasteiger partial charge in [0.1, 0.15) is 0 Å². The molecule has 1 heteroatoms. The summed E-state index contributed by atoms with van der Waals surface area (Å²) in [5, 5.41) is 8.58. The molecule has 0 amide bonds. The molecule has 1 nitrogen and oxygen atoms in total. The molecule has 0 fully saturated rings. The third kappa shape index (κ3) is 15.2. The highest BCUT2D eigenvalue weighted by atomic mass is 16.2. The molecule has 0 rings (SSSR count). The Morgan fingerprint density at radius 2 is 1.29 bits per heavy atom. The van der Waals surface area contributed by atoms with E-state index in [0.29, 0.717) is 0 Å². The van der Waals surface area contributed by atoms with Gasteiger partial charge in [-0.1, -0.05) is 56.2 Å². The highest BCUT2D eigenvalue weighted by Gasteiger charge is 1.81. The monoisotopic (exact) mass is 236 g/mol. The molecular weight excluding hydrogens is 208 g/mol. The van der Waals surface area contributed by atoms with Gasteiger partial charge in [0.2, 0.25) is 0 Å². The highest BCUT2D eigenvalue weighted by Crippen LogP contribution is 2.01. The standard InChI is InChI=1S/C16H28O/c1-2-3-4-5-6-7-8-9-10-11-12-13-14-15-16-17/h6-7,10-13,17H,2-5,8-9,14-16H2,1H3/b7-6-,11-10?,13-12?. The number of hydrogen-bond donors (Lipinski definition) is 1. The first-order valence-corrected chi connectivity index (χ1v) is 6.99. The molecule has 0 atom stereocenters. The lowest BCUT2D eigenvalue weighted by Gasteiger charge is -1.91. The van der Waals surface area contributed by atoms with Crippen molar-refractivity contribution in [2.24, 2.45) is 0 Å². The summed E-state index contributed by atoms with van der Waals surface area (Å²) in [4.78, 5) is 0. The summed E-state index contributed by atoms with van der Waals surface area (Å²) in [7, 11) is 0. The van der Waals surface area contributed by atoms with Crippen LogP contribution in [0.5, 0.6) is 0 Å². The molecule has 0 bridgehead atoms. The molecule has 0 aromatic carbocycles. The third-order valence-corrected chi connectivity index (χ3v) is 2.55. The van der Waals surface area contributed by atoms with Crippen molar-refractivity contribution in [1.29, 1.82) is 0 Å². The molecule has 0 radical (unpaired) electrons. The van der Waals surface area contributed by atoms with Gasteiger partial charge in [0.25, 0.3) is 0 Å². The first-order chi connectivity index (χ1) is 8.41. The molecular formula is C16H28O. The van der Waals surface area contributed by atoms with E-state index in [0.717, 1.165) is 25.7 Å². The quantitative estimate of drug-likeness (QED) is 0.311. The largest absolute Gasteiger partial charge is 0.396 e. The maximum atomic E-state index is 8.58. The summed E-state index contributed by atoms with van der Waals surface area (Å²) in [6, 6.07) is 0. The predicted molar refractivity (Wildman–Crippen MR) is 77.1 cm³/mol.